The number of allylic oxidation sites excluding steroid dienone is 1. The van der Waals surface area contributed by atoms with Crippen LogP contribution in [0, 0.1) is 34.5 Å². The van der Waals surface area contributed by atoms with Crippen molar-refractivity contribution in [2.75, 3.05) is 7.11 Å². The summed E-state index contributed by atoms with van der Waals surface area (Å²) in [6.07, 6.45) is 11.9. The molecular weight excluding hydrogens is 454 g/mol. The van der Waals surface area contributed by atoms with Crippen molar-refractivity contribution in [3.05, 3.63) is 11.6 Å². The second kappa shape index (κ2) is 9.14. The fourth-order valence-electron chi connectivity index (χ4n) is 8.78. The van der Waals surface area contributed by atoms with Crippen LogP contribution in [-0.2, 0) is 13.7 Å². The van der Waals surface area contributed by atoms with Crippen LogP contribution in [0.5, 0.6) is 0 Å². The highest BCUT2D eigenvalue weighted by molar-refractivity contribution is 6.70. The van der Waals surface area contributed by atoms with Gasteiger partial charge in [0.15, 0.2) is 16.6 Å². The maximum atomic E-state index is 7.15. The van der Waals surface area contributed by atoms with E-state index in [1.165, 1.54) is 44.2 Å². The van der Waals surface area contributed by atoms with Crippen molar-refractivity contribution in [2.24, 2.45) is 39.7 Å². The molecule has 4 aliphatic rings. The molecule has 0 saturated heterocycles. The Morgan fingerprint density at radius 1 is 1.00 bits per heavy atom. The quantitative estimate of drug-likeness (QED) is 0.161. The van der Waals surface area contributed by atoms with Gasteiger partial charge in [-0.05, 0) is 120 Å². The number of hydrogen-bond acceptors (Lipinski definition) is 4. The molecule has 0 aromatic heterocycles. The minimum absolute atomic E-state index is 0.247. The van der Waals surface area contributed by atoms with E-state index >= 15 is 0 Å². The molecule has 3 fully saturated rings. The molecule has 0 spiro atoms. The van der Waals surface area contributed by atoms with Crippen LogP contribution < -0.4 is 0 Å². The summed E-state index contributed by atoms with van der Waals surface area (Å²) in [5.41, 5.74) is 3.36. The summed E-state index contributed by atoms with van der Waals surface area (Å²) in [7, 11) is -1.53. The lowest BCUT2D eigenvalue weighted by Crippen LogP contribution is -2.59. The molecule has 194 valence electrons. The smallest absolute Gasteiger partial charge is 0.184 e. The minimum Gasteiger partial charge on any atom is -0.414 e. The number of hydrogen-bond donors (Lipinski definition) is 0. The van der Waals surface area contributed by atoms with Gasteiger partial charge in [0.05, 0.1) is 5.71 Å². The Morgan fingerprint density at radius 3 is 2.29 bits per heavy atom. The zero-order valence-electron chi connectivity index (χ0n) is 23.7. The molecular formula is C28H51NO3Si2. The molecule has 0 bridgehead atoms. The summed E-state index contributed by atoms with van der Waals surface area (Å²) in [6, 6.07) is 0. The van der Waals surface area contributed by atoms with Gasteiger partial charge in [-0.1, -0.05) is 30.7 Å². The maximum Gasteiger partial charge on any atom is 0.184 e. The lowest BCUT2D eigenvalue weighted by molar-refractivity contribution is -0.112. The van der Waals surface area contributed by atoms with Crippen LogP contribution in [-0.4, -0.2) is 41.7 Å². The van der Waals surface area contributed by atoms with Gasteiger partial charge in [0, 0.05) is 18.1 Å². The molecule has 0 aromatic carbocycles. The second-order valence-electron chi connectivity index (χ2n) is 14.3. The van der Waals surface area contributed by atoms with Gasteiger partial charge < -0.3 is 13.7 Å². The third-order valence-electron chi connectivity index (χ3n) is 9.73. The first-order chi connectivity index (χ1) is 15.7. The van der Waals surface area contributed by atoms with E-state index in [2.05, 4.69) is 71.3 Å². The normalized spacial score (nSPS) is 43.0. The lowest BCUT2D eigenvalue weighted by atomic mass is 9.46. The van der Waals surface area contributed by atoms with Crippen LogP contribution in [0.25, 0.3) is 0 Å². The predicted octanol–water partition coefficient (Wildman–Crippen LogP) is 7.64. The first-order valence-electron chi connectivity index (χ1n) is 13.8. The molecule has 4 rings (SSSR count). The van der Waals surface area contributed by atoms with Crippen molar-refractivity contribution in [3.8, 4) is 0 Å². The maximum absolute atomic E-state index is 7.15. The molecule has 6 heteroatoms. The third-order valence-corrected chi connectivity index (χ3v) is 11.8. The van der Waals surface area contributed by atoms with Gasteiger partial charge in [0.25, 0.3) is 0 Å². The monoisotopic (exact) mass is 505 g/mol. The van der Waals surface area contributed by atoms with Crippen LogP contribution in [0.3, 0.4) is 0 Å². The van der Waals surface area contributed by atoms with Gasteiger partial charge in [-0.3, -0.25) is 0 Å². The van der Waals surface area contributed by atoms with Crippen LogP contribution >= 0.6 is 0 Å². The van der Waals surface area contributed by atoms with E-state index in [1.807, 2.05) is 0 Å². The minimum atomic E-state index is -1.69. The van der Waals surface area contributed by atoms with Crippen molar-refractivity contribution in [1.29, 1.82) is 0 Å². The van der Waals surface area contributed by atoms with Crippen LogP contribution in [0.15, 0.2) is 16.8 Å². The summed E-state index contributed by atoms with van der Waals surface area (Å²) in [6.45, 7) is 21.4. The average Bonchev–Trinajstić information content (AvgIpc) is 3.02. The number of oxime groups is 1. The summed E-state index contributed by atoms with van der Waals surface area (Å²) in [4.78, 5) is 5.23. The Hall–Kier alpha value is -0.436. The lowest BCUT2D eigenvalue weighted by Gasteiger charge is -2.61. The van der Waals surface area contributed by atoms with Crippen LogP contribution in [0.2, 0.25) is 39.3 Å². The van der Waals surface area contributed by atoms with Crippen LogP contribution in [0.4, 0.5) is 0 Å². The zero-order chi connectivity index (χ0) is 25.1. The van der Waals surface area contributed by atoms with Gasteiger partial charge in [-0.25, -0.2) is 0 Å². The van der Waals surface area contributed by atoms with Crippen molar-refractivity contribution in [1.82, 2.24) is 0 Å². The fraction of sp³-hybridized carbons (Fsp3) is 0.893. The molecule has 0 aromatic rings. The Morgan fingerprint density at radius 2 is 1.68 bits per heavy atom. The fourth-order valence-corrected chi connectivity index (χ4v) is 11.1. The highest BCUT2D eigenvalue weighted by Gasteiger charge is 2.63. The summed E-state index contributed by atoms with van der Waals surface area (Å²) < 4.78 is 13.8. The third kappa shape index (κ3) is 4.90. The van der Waals surface area contributed by atoms with Gasteiger partial charge in [-0.15, -0.1) is 0 Å². The van der Waals surface area contributed by atoms with E-state index in [1.54, 1.807) is 12.7 Å². The Kier molecular flexibility index (Phi) is 7.16. The number of rotatable bonds is 6. The highest BCUT2D eigenvalue weighted by atomic mass is 28.4. The van der Waals surface area contributed by atoms with Crippen LogP contribution in [0.1, 0.15) is 65.7 Å². The molecule has 3 unspecified atom stereocenters. The van der Waals surface area contributed by atoms with E-state index in [9.17, 15) is 0 Å². The van der Waals surface area contributed by atoms with Crippen molar-refractivity contribution in [2.45, 2.75) is 117 Å². The van der Waals surface area contributed by atoms with E-state index < -0.39 is 16.6 Å². The summed E-state index contributed by atoms with van der Waals surface area (Å²) >= 11 is 0. The Labute approximate surface area is 211 Å². The van der Waals surface area contributed by atoms with Gasteiger partial charge in [-0.2, -0.15) is 0 Å². The molecule has 0 radical (unpaired) electrons. The summed E-state index contributed by atoms with van der Waals surface area (Å²) in [5, 5.41) is 4.43. The SMILES string of the molecule is CON=C(C)[C@H]1CCC2C3CC=C4C[C@@H](O[Si](C)(C)C)CC[C@]4(C)C3[C@@H](O[Si](C)(C)C)C[C@@]21C. The molecule has 34 heavy (non-hydrogen) atoms. The Bertz CT molecular complexity index is 828. The van der Waals surface area contributed by atoms with Gasteiger partial charge >= 0.3 is 0 Å². The van der Waals surface area contributed by atoms with Crippen molar-refractivity contribution >= 4 is 22.3 Å². The molecule has 4 aliphatic carbocycles. The average molecular weight is 506 g/mol. The highest BCUT2D eigenvalue weighted by Crippen LogP contribution is 2.67. The van der Waals surface area contributed by atoms with Gasteiger partial charge in [0.2, 0.25) is 0 Å². The molecule has 8 atom stereocenters. The van der Waals surface area contributed by atoms with E-state index in [0.717, 1.165) is 12.3 Å². The Balaban J connectivity index is 1.69. The molecule has 0 amide bonds. The first kappa shape index (κ1) is 26.6. The van der Waals surface area contributed by atoms with E-state index in [0.29, 0.717) is 30.0 Å². The van der Waals surface area contributed by atoms with E-state index in [4.69, 9.17) is 13.7 Å². The van der Waals surface area contributed by atoms with Gasteiger partial charge in [0.1, 0.15) is 7.11 Å². The molecule has 4 nitrogen and oxygen atoms in total. The molecule has 0 aliphatic heterocycles. The zero-order valence-corrected chi connectivity index (χ0v) is 25.7. The topological polar surface area (TPSA) is 40.0 Å². The molecule has 0 heterocycles. The second-order valence-corrected chi connectivity index (χ2v) is 23.2. The van der Waals surface area contributed by atoms with Crippen molar-refractivity contribution in [3.63, 3.8) is 0 Å². The standard InChI is InChI=1S/C28H51NO3Si2/c1-19(29-30-4)23-13-14-24-22-12-11-20-17-21(31-33(5,6)7)15-16-27(20,2)26(22)25(18-28(23,24)3)32-34(8,9)10/h11,21-26H,12-18H2,1-10H3/t21-,22?,23+,24?,25-,26?,27-,28+/m0/s1. The largest absolute Gasteiger partial charge is 0.414 e. The van der Waals surface area contributed by atoms with Crippen molar-refractivity contribution < 1.29 is 13.7 Å². The predicted molar refractivity (Wildman–Crippen MR) is 147 cm³/mol. The molecule has 0 N–H and O–H groups in total. The molecule has 3 saturated carbocycles. The first-order valence-corrected chi connectivity index (χ1v) is 20.6. The van der Waals surface area contributed by atoms with E-state index in [-0.39, 0.29) is 10.8 Å². The summed E-state index contributed by atoms with van der Waals surface area (Å²) in [5.74, 6) is 2.59. The number of fused-ring (bicyclic) bond motifs is 5. The number of nitrogens with zero attached hydrogens (tertiary/aromatic N) is 1.